The van der Waals surface area contributed by atoms with Crippen molar-refractivity contribution in [2.75, 3.05) is 19.0 Å². The minimum Gasteiger partial charge on any atom is -0.377 e. The number of carbonyl (C=O) groups is 3. The Hall–Kier alpha value is -2.49. The van der Waals surface area contributed by atoms with Crippen LogP contribution in [-0.2, 0) is 22.4 Å². The molecule has 3 aliphatic rings. The molecule has 4 rings (SSSR count). The smallest absolute Gasteiger partial charge is 0.190 e. The second-order valence-electron chi connectivity index (χ2n) is 11.9. The van der Waals surface area contributed by atoms with Gasteiger partial charge in [0.1, 0.15) is 0 Å². The lowest BCUT2D eigenvalue weighted by molar-refractivity contribution is -0.134. The number of rotatable bonds is 3. The van der Waals surface area contributed by atoms with Gasteiger partial charge in [0.05, 0.1) is 11.0 Å². The zero-order chi connectivity index (χ0) is 25.5. The molecular weight excluding hydrogens is 422 g/mol. The Morgan fingerprint density at radius 2 is 1.68 bits per heavy atom. The van der Waals surface area contributed by atoms with Gasteiger partial charge in [-0.2, -0.15) is 0 Å². The first kappa shape index (κ1) is 24.6. The van der Waals surface area contributed by atoms with Crippen molar-refractivity contribution < 1.29 is 14.4 Å². The third kappa shape index (κ3) is 2.93. The summed E-state index contributed by atoms with van der Waals surface area (Å²) in [6.45, 7) is 16.0. The molecule has 0 fully saturated rings. The van der Waals surface area contributed by atoms with Crippen LogP contribution in [0.15, 0.2) is 28.4 Å². The highest BCUT2D eigenvalue weighted by molar-refractivity contribution is 6.24. The fourth-order valence-electron chi connectivity index (χ4n) is 7.78. The van der Waals surface area contributed by atoms with Crippen LogP contribution in [0.5, 0.6) is 0 Å². The fourth-order valence-corrected chi connectivity index (χ4v) is 7.78. The van der Waals surface area contributed by atoms with Crippen molar-refractivity contribution in [2.24, 2.45) is 16.2 Å². The topological polar surface area (TPSA) is 54.5 Å². The molecule has 1 aromatic carbocycles. The van der Waals surface area contributed by atoms with E-state index in [4.69, 9.17) is 0 Å². The molecule has 34 heavy (non-hydrogen) atoms. The van der Waals surface area contributed by atoms with Gasteiger partial charge in [-0.1, -0.05) is 31.9 Å². The minimum absolute atomic E-state index is 0.0730. The van der Waals surface area contributed by atoms with E-state index in [1.807, 2.05) is 34.9 Å². The summed E-state index contributed by atoms with van der Waals surface area (Å²) in [5, 5.41) is 0. The van der Waals surface area contributed by atoms with Crippen LogP contribution in [0.1, 0.15) is 88.4 Å². The van der Waals surface area contributed by atoms with Gasteiger partial charge in [0, 0.05) is 36.3 Å². The number of hydrogen-bond donors (Lipinski definition) is 0. The fraction of sp³-hybridized carbons (Fsp3) is 0.567. The van der Waals surface area contributed by atoms with Crippen LogP contribution in [0.4, 0.5) is 5.69 Å². The van der Waals surface area contributed by atoms with Crippen LogP contribution < -0.4 is 4.90 Å². The highest BCUT2D eigenvalue weighted by Gasteiger charge is 2.63. The number of benzene rings is 1. The summed E-state index contributed by atoms with van der Waals surface area (Å²) in [6.07, 6.45) is 3.08. The Balaban J connectivity index is 2.05. The third-order valence-corrected chi connectivity index (χ3v) is 9.49. The largest absolute Gasteiger partial charge is 0.377 e. The van der Waals surface area contributed by atoms with E-state index in [1.165, 1.54) is 12.5 Å². The maximum absolute atomic E-state index is 14.4. The maximum atomic E-state index is 14.4. The molecule has 0 N–H and O–H groups in total. The number of aryl methyl sites for hydroxylation is 1. The Morgan fingerprint density at radius 3 is 2.21 bits per heavy atom. The van der Waals surface area contributed by atoms with Gasteiger partial charge in [-0.05, 0) is 88.5 Å². The Labute approximate surface area is 204 Å². The first-order chi connectivity index (χ1) is 15.6. The summed E-state index contributed by atoms with van der Waals surface area (Å²) in [6, 6.07) is 2.25. The van der Waals surface area contributed by atoms with Crippen LogP contribution in [0.3, 0.4) is 0 Å². The standard InChI is InChI=1S/C30H39NO3/c1-11-20-12-22(31(9)10)21-14-28(6)15-29(7)13-16(2)23(19(5)32)27(34)30(29,8)18(4)25(28)26(33)24(21)17(20)3/h12H,11,13-15H2,1-10H3. The number of carbonyl (C=O) groups excluding carboxylic acids is 3. The molecule has 4 heteroatoms. The van der Waals surface area contributed by atoms with Crippen molar-refractivity contribution in [1.82, 2.24) is 0 Å². The summed E-state index contributed by atoms with van der Waals surface area (Å²) in [5.41, 5.74) is 6.64. The van der Waals surface area contributed by atoms with Gasteiger partial charge in [-0.3, -0.25) is 14.4 Å². The van der Waals surface area contributed by atoms with Crippen molar-refractivity contribution in [3.8, 4) is 0 Å². The van der Waals surface area contributed by atoms with E-state index in [1.54, 1.807) is 0 Å². The van der Waals surface area contributed by atoms with Gasteiger partial charge in [0.25, 0.3) is 0 Å². The molecule has 0 saturated carbocycles. The average Bonchev–Trinajstić information content (AvgIpc) is 2.70. The first-order valence-corrected chi connectivity index (χ1v) is 12.5. The van der Waals surface area contributed by atoms with Crippen LogP contribution in [0, 0.1) is 23.2 Å². The molecule has 3 unspecified atom stereocenters. The summed E-state index contributed by atoms with van der Waals surface area (Å²) in [5.74, 6) is -0.204. The van der Waals surface area contributed by atoms with Crippen molar-refractivity contribution in [1.29, 1.82) is 0 Å². The Bertz CT molecular complexity index is 1230. The first-order valence-electron chi connectivity index (χ1n) is 12.5. The predicted octanol–water partition coefficient (Wildman–Crippen LogP) is 5.98. The van der Waals surface area contributed by atoms with Gasteiger partial charge in [-0.15, -0.1) is 0 Å². The van der Waals surface area contributed by atoms with Crippen molar-refractivity contribution in [3.05, 3.63) is 50.6 Å². The number of hydrogen-bond acceptors (Lipinski definition) is 4. The van der Waals surface area contributed by atoms with E-state index in [0.29, 0.717) is 12.0 Å². The lowest BCUT2D eigenvalue weighted by Crippen LogP contribution is -2.57. The van der Waals surface area contributed by atoms with Crippen LogP contribution in [0.25, 0.3) is 0 Å². The minimum atomic E-state index is -0.865. The highest BCUT2D eigenvalue weighted by atomic mass is 16.2. The number of nitrogens with zero attached hydrogens (tertiary/aromatic N) is 1. The van der Waals surface area contributed by atoms with E-state index in [9.17, 15) is 14.4 Å². The van der Waals surface area contributed by atoms with Crippen LogP contribution in [0.2, 0.25) is 0 Å². The molecule has 0 bridgehead atoms. The van der Waals surface area contributed by atoms with E-state index < -0.39 is 5.41 Å². The second-order valence-corrected chi connectivity index (χ2v) is 11.9. The van der Waals surface area contributed by atoms with Gasteiger partial charge >= 0.3 is 0 Å². The molecule has 3 atom stereocenters. The normalized spacial score (nSPS) is 30.8. The average molecular weight is 462 g/mol. The summed E-state index contributed by atoms with van der Waals surface area (Å²) in [7, 11) is 4.09. The van der Waals surface area contributed by atoms with E-state index in [-0.39, 0.29) is 28.2 Å². The van der Waals surface area contributed by atoms with E-state index in [2.05, 4.69) is 38.7 Å². The molecule has 1 aromatic rings. The molecule has 0 amide bonds. The molecule has 0 radical (unpaired) electrons. The lowest BCUT2D eigenvalue weighted by Gasteiger charge is -2.59. The summed E-state index contributed by atoms with van der Waals surface area (Å²) in [4.78, 5) is 42.9. The van der Waals surface area contributed by atoms with Crippen LogP contribution >= 0.6 is 0 Å². The van der Waals surface area contributed by atoms with E-state index in [0.717, 1.165) is 58.4 Å². The van der Waals surface area contributed by atoms with Crippen molar-refractivity contribution >= 4 is 23.0 Å². The molecule has 0 aliphatic heterocycles. The molecule has 182 valence electrons. The molecular formula is C30H39NO3. The number of Topliss-reactive ketones (excluding diaryl/α,β-unsaturated/α-hetero) is 3. The SMILES string of the molecule is CCc1cc(N(C)C)c2c(c1C)C(=O)C1=C(C)C3(C)C(=O)C(C(C)=O)=C(C)CC3(C)CC1(C)C2. The summed E-state index contributed by atoms with van der Waals surface area (Å²) < 4.78 is 0. The predicted molar refractivity (Wildman–Crippen MR) is 138 cm³/mol. The Kier molecular flexibility index (Phi) is 5.43. The van der Waals surface area contributed by atoms with Gasteiger partial charge in [0.15, 0.2) is 17.3 Å². The monoisotopic (exact) mass is 461 g/mol. The van der Waals surface area contributed by atoms with Crippen molar-refractivity contribution in [2.45, 2.75) is 81.1 Å². The molecule has 3 aliphatic carbocycles. The Morgan fingerprint density at radius 1 is 1.06 bits per heavy atom. The molecule has 4 nitrogen and oxygen atoms in total. The van der Waals surface area contributed by atoms with Gasteiger partial charge < -0.3 is 4.90 Å². The zero-order valence-corrected chi connectivity index (χ0v) is 22.6. The lowest BCUT2D eigenvalue weighted by atomic mass is 9.42. The number of anilines is 1. The second kappa shape index (κ2) is 7.50. The van der Waals surface area contributed by atoms with Gasteiger partial charge in [0.2, 0.25) is 0 Å². The zero-order valence-electron chi connectivity index (χ0n) is 22.6. The number of allylic oxidation sites excluding steroid dienone is 4. The van der Waals surface area contributed by atoms with Crippen LogP contribution in [-0.4, -0.2) is 31.4 Å². The summed E-state index contributed by atoms with van der Waals surface area (Å²) >= 11 is 0. The van der Waals surface area contributed by atoms with Gasteiger partial charge in [-0.25, -0.2) is 0 Å². The molecule has 0 aromatic heterocycles. The number of ketones is 3. The highest BCUT2D eigenvalue weighted by Crippen LogP contribution is 2.66. The van der Waals surface area contributed by atoms with Crippen molar-refractivity contribution in [3.63, 3.8) is 0 Å². The maximum Gasteiger partial charge on any atom is 0.190 e. The molecule has 0 saturated heterocycles. The molecule has 0 heterocycles. The third-order valence-electron chi connectivity index (χ3n) is 9.49. The van der Waals surface area contributed by atoms with E-state index >= 15 is 0 Å². The number of fused-ring (bicyclic) bond motifs is 3. The quantitative estimate of drug-likeness (QED) is 0.520. The molecule has 0 spiro atoms.